The van der Waals surface area contributed by atoms with Gasteiger partial charge in [0, 0.05) is 11.8 Å². The average molecular weight is 301 g/mol. The van der Waals surface area contributed by atoms with E-state index in [2.05, 4.69) is 5.32 Å². The van der Waals surface area contributed by atoms with Gasteiger partial charge in [-0.05, 0) is 48.0 Å². The molecule has 0 aromatic heterocycles. The van der Waals surface area contributed by atoms with Gasteiger partial charge in [-0.15, -0.1) is 0 Å². The Kier molecular flexibility index (Phi) is 5.14. The van der Waals surface area contributed by atoms with E-state index in [1.807, 2.05) is 6.07 Å². The van der Waals surface area contributed by atoms with Crippen LogP contribution in [0, 0.1) is 5.82 Å². The molecule has 0 radical (unpaired) electrons. The van der Waals surface area contributed by atoms with Crippen LogP contribution in [-0.4, -0.2) is 20.1 Å². The van der Waals surface area contributed by atoms with Crippen LogP contribution in [0.2, 0.25) is 0 Å². The van der Waals surface area contributed by atoms with Crippen molar-refractivity contribution in [3.8, 4) is 11.5 Å². The highest BCUT2D eigenvalue weighted by Crippen LogP contribution is 2.27. The maximum Gasteiger partial charge on any atom is 0.248 e. The second-order valence-electron chi connectivity index (χ2n) is 4.44. The molecule has 0 saturated carbocycles. The third-order valence-corrected chi connectivity index (χ3v) is 2.95. The number of halogens is 1. The summed E-state index contributed by atoms with van der Waals surface area (Å²) in [6, 6.07) is 10.9. The first kappa shape index (κ1) is 15.6. The third kappa shape index (κ3) is 4.09. The van der Waals surface area contributed by atoms with Crippen LogP contribution >= 0.6 is 0 Å². The molecular weight excluding hydrogens is 285 g/mol. The standard InChI is InChI=1S/C17H16FNO3/c1-21-15-9-3-12(11-16(15)22-2)4-10-17(20)19-14-7-5-13(18)6-8-14/h3-11H,1-2H3,(H,19,20). The number of benzene rings is 2. The van der Waals surface area contributed by atoms with Gasteiger partial charge in [0.15, 0.2) is 11.5 Å². The van der Waals surface area contributed by atoms with E-state index in [0.29, 0.717) is 17.2 Å². The zero-order valence-corrected chi connectivity index (χ0v) is 12.3. The minimum Gasteiger partial charge on any atom is -0.493 e. The van der Waals surface area contributed by atoms with Gasteiger partial charge in [0.25, 0.3) is 0 Å². The molecule has 114 valence electrons. The number of rotatable bonds is 5. The van der Waals surface area contributed by atoms with Gasteiger partial charge < -0.3 is 14.8 Å². The molecule has 4 nitrogen and oxygen atoms in total. The highest BCUT2D eigenvalue weighted by atomic mass is 19.1. The quantitative estimate of drug-likeness (QED) is 0.860. The molecule has 0 aliphatic rings. The Morgan fingerprint density at radius 1 is 1.05 bits per heavy atom. The first-order valence-corrected chi connectivity index (χ1v) is 6.59. The lowest BCUT2D eigenvalue weighted by atomic mass is 10.2. The van der Waals surface area contributed by atoms with Gasteiger partial charge in [-0.2, -0.15) is 0 Å². The summed E-state index contributed by atoms with van der Waals surface area (Å²) in [5.74, 6) is 0.555. The molecule has 0 fully saturated rings. The van der Waals surface area contributed by atoms with Gasteiger partial charge in [0.05, 0.1) is 14.2 Å². The topological polar surface area (TPSA) is 47.6 Å². The van der Waals surface area contributed by atoms with Crippen molar-refractivity contribution in [1.82, 2.24) is 0 Å². The average Bonchev–Trinajstić information content (AvgIpc) is 2.54. The summed E-state index contributed by atoms with van der Waals surface area (Å²) in [6.07, 6.45) is 3.05. The minimum atomic E-state index is -0.348. The van der Waals surface area contributed by atoms with Crippen molar-refractivity contribution in [1.29, 1.82) is 0 Å². The number of anilines is 1. The van der Waals surface area contributed by atoms with Crippen molar-refractivity contribution < 1.29 is 18.7 Å². The van der Waals surface area contributed by atoms with E-state index in [-0.39, 0.29) is 11.7 Å². The van der Waals surface area contributed by atoms with E-state index in [9.17, 15) is 9.18 Å². The molecule has 0 heterocycles. The highest BCUT2D eigenvalue weighted by Gasteiger charge is 2.03. The molecule has 0 bridgehead atoms. The van der Waals surface area contributed by atoms with E-state index < -0.39 is 0 Å². The van der Waals surface area contributed by atoms with Crippen LogP contribution in [0.5, 0.6) is 11.5 Å². The Morgan fingerprint density at radius 3 is 2.36 bits per heavy atom. The fourth-order valence-corrected chi connectivity index (χ4v) is 1.85. The van der Waals surface area contributed by atoms with Crippen LogP contribution in [0.25, 0.3) is 6.08 Å². The van der Waals surface area contributed by atoms with Crippen LogP contribution in [-0.2, 0) is 4.79 Å². The van der Waals surface area contributed by atoms with Crippen LogP contribution in [0.3, 0.4) is 0 Å². The van der Waals surface area contributed by atoms with E-state index in [4.69, 9.17) is 9.47 Å². The van der Waals surface area contributed by atoms with Gasteiger partial charge in [-0.25, -0.2) is 4.39 Å². The Bertz CT molecular complexity index is 681. The van der Waals surface area contributed by atoms with Crippen LogP contribution in [0.4, 0.5) is 10.1 Å². The van der Waals surface area contributed by atoms with E-state index >= 15 is 0 Å². The normalized spacial score (nSPS) is 10.5. The summed E-state index contributed by atoms with van der Waals surface area (Å²) in [6.45, 7) is 0. The summed E-state index contributed by atoms with van der Waals surface area (Å²) in [5.41, 5.74) is 1.33. The molecule has 0 spiro atoms. The molecule has 0 aliphatic carbocycles. The number of nitrogens with one attached hydrogen (secondary N) is 1. The van der Waals surface area contributed by atoms with Crippen LogP contribution in [0.15, 0.2) is 48.5 Å². The van der Waals surface area contributed by atoms with Crippen molar-refractivity contribution >= 4 is 17.7 Å². The van der Waals surface area contributed by atoms with Crippen molar-refractivity contribution in [2.75, 3.05) is 19.5 Å². The summed E-state index contributed by atoms with van der Waals surface area (Å²) >= 11 is 0. The summed E-state index contributed by atoms with van der Waals surface area (Å²) < 4.78 is 23.1. The van der Waals surface area contributed by atoms with Gasteiger partial charge in [-0.1, -0.05) is 6.07 Å². The molecule has 1 N–H and O–H groups in total. The largest absolute Gasteiger partial charge is 0.493 e. The Balaban J connectivity index is 2.04. The van der Waals surface area contributed by atoms with E-state index in [0.717, 1.165) is 5.56 Å². The van der Waals surface area contributed by atoms with Gasteiger partial charge >= 0.3 is 0 Å². The van der Waals surface area contributed by atoms with Crippen LogP contribution in [0.1, 0.15) is 5.56 Å². The Labute approximate surface area is 128 Å². The molecule has 5 heteroatoms. The number of carbonyl (C=O) groups is 1. The summed E-state index contributed by atoms with van der Waals surface area (Å²) in [7, 11) is 3.11. The molecule has 2 rings (SSSR count). The molecular formula is C17H16FNO3. The second kappa shape index (κ2) is 7.26. The first-order valence-electron chi connectivity index (χ1n) is 6.59. The molecule has 2 aromatic rings. The smallest absolute Gasteiger partial charge is 0.248 e. The molecule has 0 aliphatic heterocycles. The van der Waals surface area contributed by atoms with Crippen molar-refractivity contribution in [2.45, 2.75) is 0 Å². The first-order chi connectivity index (χ1) is 10.6. The molecule has 0 saturated heterocycles. The lowest BCUT2D eigenvalue weighted by Gasteiger charge is -2.07. The predicted molar refractivity (Wildman–Crippen MR) is 83.6 cm³/mol. The lowest BCUT2D eigenvalue weighted by molar-refractivity contribution is -0.111. The van der Waals surface area contributed by atoms with Crippen molar-refractivity contribution in [2.24, 2.45) is 0 Å². The lowest BCUT2D eigenvalue weighted by Crippen LogP contribution is -2.07. The Hall–Kier alpha value is -2.82. The van der Waals surface area contributed by atoms with Gasteiger partial charge in [0.2, 0.25) is 5.91 Å². The summed E-state index contributed by atoms with van der Waals surface area (Å²) in [4.78, 5) is 11.8. The summed E-state index contributed by atoms with van der Waals surface area (Å²) in [5, 5.41) is 2.64. The van der Waals surface area contributed by atoms with Gasteiger partial charge in [-0.3, -0.25) is 4.79 Å². The van der Waals surface area contributed by atoms with Gasteiger partial charge in [0.1, 0.15) is 5.82 Å². The predicted octanol–water partition coefficient (Wildman–Crippen LogP) is 3.49. The zero-order valence-electron chi connectivity index (χ0n) is 12.3. The van der Waals surface area contributed by atoms with E-state index in [1.165, 1.54) is 30.3 Å². The van der Waals surface area contributed by atoms with Crippen molar-refractivity contribution in [3.63, 3.8) is 0 Å². The molecule has 0 atom stereocenters. The van der Waals surface area contributed by atoms with Crippen LogP contribution < -0.4 is 14.8 Å². The monoisotopic (exact) mass is 301 g/mol. The number of hydrogen-bond donors (Lipinski definition) is 1. The maximum atomic E-state index is 12.8. The maximum absolute atomic E-state index is 12.8. The molecule has 22 heavy (non-hydrogen) atoms. The fraction of sp³-hybridized carbons (Fsp3) is 0.118. The number of amides is 1. The second-order valence-corrected chi connectivity index (χ2v) is 4.44. The molecule has 1 amide bonds. The number of hydrogen-bond acceptors (Lipinski definition) is 3. The molecule has 0 unspecified atom stereocenters. The van der Waals surface area contributed by atoms with E-state index in [1.54, 1.807) is 32.4 Å². The third-order valence-electron chi connectivity index (χ3n) is 2.95. The molecule has 2 aromatic carbocycles. The fourth-order valence-electron chi connectivity index (χ4n) is 1.85. The zero-order chi connectivity index (χ0) is 15.9. The number of methoxy groups -OCH3 is 2. The highest BCUT2D eigenvalue weighted by molar-refractivity contribution is 6.01. The van der Waals surface area contributed by atoms with Crippen molar-refractivity contribution in [3.05, 3.63) is 59.9 Å². The SMILES string of the molecule is COc1ccc(C=CC(=O)Nc2ccc(F)cc2)cc1OC. The Morgan fingerprint density at radius 2 is 1.73 bits per heavy atom. The minimum absolute atomic E-state index is 0.304. The number of ether oxygens (including phenoxy) is 2. The number of carbonyl (C=O) groups excluding carboxylic acids is 1.